The van der Waals surface area contributed by atoms with E-state index in [9.17, 15) is 22.8 Å². The summed E-state index contributed by atoms with van der Waals surface area (Å²) < 4.78 is 49.3. The molecule has 0 amide bonds. The minimum absolute atomic E-state index is 0.00903. The molecule has 30 heavy (non-hydrogen) atoms. The molecule has 1 N–H and O–H groups in total. The number of aromatic nitrogens is 3. The molecule has 0 saturated carbocycles. The van der Waals surface area contributed by atoms with Crippen LogP contribution in [0.3, 0.4) is 0 Å². The van der Waals surface area contributed by atoms with Gasteiger partial charge in [0.25, 0.3) is 17.5 Å². The Balaban J connectivity index is 1.99. The molecule has 0 radical (unpaired) electrons. The van der Waals surface area contributed by atoms with Crippen molar-refractivity contribution in [3.8, 4) is 22.6 Å². The maximum Gasteiger partial charge on any atom is 0.274 e. The molecular formula is C21H16F3N3O3. The van der Waals surface area contributed by atoms with Crippen LogP contribution in [0.2, 0.25) is 0 Å². The molecule has 0 bridgehead atoms. The van der Waals surface area contributed by atoms with Gasteiger partial charge in [-0.3, -0.25) is 9.59 Å². The molecule has 0 aliphatic carbocycles. The fourth-order valence-corrected chi connectivity index (χ4v) is 3.30. The Hall–Kier alpha value is -3.75. The molecule has 0 unspecified atom stereocenters. The number of alkyl halides is 2. The molecule has 6 nitrogen and oxygen atoms in total. The van der Waals surface area contributed by atoms with E-state index in [1.54, 1.807) is 19.3 Å². The summed E-state index contributed by atoms with van der Waals surface area (Å²) in [5.74, 6) is -1.59. The Bertz CT molecular complexity index is 1390. The van der Waals surface area contributed by atoms with E-state index in [0.29, 0.717) is 16.5 Å². The lowest BCUT2D eigenvalue weighted by atomic mass is 10.0. The molecule has 0 atom stereocenters. The van der Waals surface area contributed by atoms with Gasteiger partial charge in [-0.25, -0.2) is 13.2 Å². The lowest BCUT2D eigenvalue weighted by Crippen LogP contribution is -2.18. The van der Waals surface area contributed by atoms with Gasteiger partial charge in [-0.05, 0) is 18.2 Å². The lowest BCUT2D eigenvalue weighted by molar-refractivity contribution is 0.147. The van der Waals surface area contributed by atoms with Crippen LogP contribution >= 0.6 is 0 Å². The average Bonchev–Trinajstić information content (AvgIpc) is 3.19. The molecule has 4 aromatic rings. The first kappa shape index (κ1) is 19.6. The van der Waals surface area contributed by atoms with Gasteiger partial charge >= 0.3 is 0 Å². The van der Waals surface area contributed by atoms with Crippen molar-refractivity contribution >= 4 is 10.9 Å². The molecule has 3 aromatic heterocycles. The zero-order valence-electron chi connectivity index (χ0n) is 15.9. The average molecular weight is 415 g/mol. The molecule has 0 spiro atoms. The number of halogens is 3. The second-order valence-electron chi connectivity index (χ2n) is 6.79. The molecule has 9 heteroatoms. The fraction of sp³-hybridized carbons (Fsp3) is 0.143. The van der Waals surface area contributed by atoms with Crippen molar-refractivity contribution in [1.29, 1.82) is 0 Å². The maximum absolute atomic E-state index is 14.4. The largest absolute Gasteiger partial charge is 0.452 e. The number of aryl methyl sites for hydroxylation is 2. The molecule has 1 aromatic carbocycles. The molecule has 4 rings (SSSR count). The first-order valence-electron chi connectivity index (χ1n) is 8.90. The van der Waals surface area contributed by atoms with Crippen molar-refractivity contribution in [2.75, 3.05) is 0 Å². The van der Waals surface area contributed by atoms with Gasteiger partial charge in [0.1, 0.15) is 5.52 Å². The number of ether oxygens (including phenoxy) is 1. The van der Waals surface area contributed by atoms with Gasteiger partial charge in [0.2, 0.25) is 0 Å². The first-order chi connectivity index (χ1) is 14.3. The van der Waals surface area contributed by atoms with Crippen LogP contribution in [-0.4, -0.2) is 14.1 Å². The van der Waals surface area contributed by atoms with Gasteiger partial charge in [-0.15, -0.1) is 0 Å². The number of aromatic amines is 1. The summed E-state index contributed by atoms with van der Waals surface area (Å²) in [7, 11) is 3.00. The third-order valence-electron chi connectivity index (χ3n) is 4.82. The number of nitrogens with zero attached hydrogens (tertiary/aromatic N) is 2. The van der Waals surface area contributed by atoms with Crippen LogP contribution < -0.4 is 15.9 Å². The van der Waals surface area contributed by atoms with E-state index in [1.165, 1.54) is 40.7 Å². The SMILES string of the molecule is Cn1cc(Oc2c(F)cccc2C(F)F)c(-c2cn(C)c(=O)c3[nH]ccc23)cc1=O. The van der Waals surface area contributed by atoms with E-state index in [1.807, 2.05) is 0 Å². The van der Waals surface area contributed by atoms with E-state index in [-0.39, 0.29) is 16.9 Å². The highest BCUT2D eigenvalue weighted by Gasteiger charge is 2.22. The van der Waals surface area contributed by atoms with Crippen LogP contribution in [0.1, 0.15) is 12.0 Å². The Morgan fingerprint density at radius 1 is 1.03 bits per heavy atom. The number of benzene rings is 1. The number of hydrogen-bond donors (Lipinski definition) is 1. The van der Waals surface area contributed by atoms with Crippen molar-refractivity contribution in [2.45, 2.75) is 6.43 Å². The second kappa shape index (κ2) is 7.25. The Morgan fingerprint density at radius 3 is 2.53 bits per heavy atom. The number of para-hydroxylation sites is 1. The van der Waals surface area contributed by atoms with Crippen LogP contribution in [0.5, 0.6) is 11.5 Å². The number of nitrogens with one attached hydrogen (secondary N) is 1. The normalized spacial score (nSPS) is 11.4. The smallest absolute Gasteiger partial charge is 0.274 e. The van der Waals surface area contributed by atoms with Gasteiger partial charge in [-0.2, -0.15) is 0 Å². The van der Waals surface area contributed by atoms with Gasteiger partial charge in [0, 0.05) is 49.1 Å². The maximum atomic E-state index is 14.4. The summed E-state index contributed by atoms with van der Waals surface area (Å²) in [6.45, 7) is 0. The summed E-state index contributed by atoms with van der Waals surface area (Å²) in [5, 5.41) is 0.513. The van der Waals surface area contributed by atoms with Crippen LogP contribution in [0, 0.1) is 5.82 Å². The number of pyridine rings is 2. The predicted molar refractivity (Wildman–Crippen MR) is 106 cm³/mol. The van der Waals surface area contributed by atoms with E-state index < -0.39 is 29.1 Å². The number of fused-ring (bicyclic) bond motifs is 1. The van der Waals surface area contributed by atoms with E-state index in [0.717, 1.165) is 12.1 Å². The first-order valence-corrected chi connectivity index (χ1v) is 8.90. The summed E-state index contributed by atoms with van der Waals surface area (Å²) in [6, 6.07) is 6.16. The molecule has 0 saturated heterocycles. The minimum Gasteiger partial charge on any atom is -0.452 e. The molecule has 154 valence electrons. The molecular weight excluding hydrogens is 399 g/mol. The zero-order valence-corrected chi connectivity index (χ0v) is 15.9. The molecule has 0 fully saturated rings. The Labute approximate surface area is 167 Å². The molecule has 0 aliphatic rings. The standard InChI is InChI=1S/C21H16F3N3O3/c1-26-10-16(30-19-12(20(23)24)4-3-5-15(19)22)13(8-17(26)28)14-9-27(2)21(29)18-11(14)6-7-25-18/h3-10,20,25H,1-2H3. The van der Waals surface area contributed by atoms with Gasteiger partial charge in [0.05, 0.1) is 11.8 Å². The quantitative estimate of drug-likeness (QED) is 0.546. The van der Waals surface area contributed by atoms with Crippen molar-refractivity contribution in [3.63, 3.8) is 0 Å². The number of rotatable bonds is 4. The van der Waals surface area contributed by atoms with Crippen LogP contribution in [0.4, 0.5) is 13.2 Å². The third kappa shape index (κ3) is 3.18. The van der Waals surface area contributed by atoms with Crippen molar-refractivity contribution < 1.29 is 17.9 Å². The van der Waals surface area contributed by atoms with Gasteiger partial charge < -0.3 is 18.9 Å². The highest BCUT2D eigenvalue weighted by molar-refractivity contribution is 5.95. The zero-order chi connectivity index (χ0) is 21.6. The second-order valence-corrected chi connectivity index (χ2v) is 6.79. The Morgan fingerprint density at radius 2 is 1.80 bits per heavy atom. The lowest BCUT2D eigenvalue weighted by Gasteiger charge is -2.16. The fourth-order valence-electron chi connectivity index (χ4n) is 3.30. The summed E-state index contributed by atoms with van der Waals surface area (Å²) in [4.78, 5) is 27.5. The number of hydrogen-bond acceptors (Lipinski definition) is 3. The van der Waals surface area contributed by atoms with Crippen molar-refractivity contribution in [3.05, 3.63) is 81.0 Å². The minimum atomic E-state index is -2.96. The summed E-state index contributed by atoms with van der Waals surface area (Å²) >= 11 is 0. The summed E-state index contributed by atoms with van der Waals surface area (Å²) in [5.41, 5.74) is -0.280. The highest BCUT2D eigenvalue weighted by atomic mass is 19.3. The van der Waals surface area contributed by atoms with Crippen molar-refractivity contribution in [1.82, 2.24) is 14.1 Å². The topological polar surface area (TPSA) is 69.0 Å². The molecule has 3 heterocycles. The van der Waals surface area contributed by atoms with Crippen LogP contribution in [-0.2, 0) is 14.1 Å². The van der Waals surface area contributed by atoms with Crippen molar-refractivity contribution in [2.24, 2.45) is 14.1 Å². The Kier molecular flexibility index (Phi) is 4.73. The third-order valence-corrected chi connectivity index (χ3v) is 4.82. The molecule has 0 aliphatic heterocycles. The van der Waals surface area contributed by atoms with Gasteiger partial charge in [0.15, 0.2) is 17.3 Å². The van der Waals surface area contributed by atoms with E-state index in [4.69, 9.17) is 4.74 Å². The number of H-pyrrole nitrogens is 1. The van der Waals surface area contributed by atoms with E-state index >= 15 is 0 Å². The van der Waals surface area contributed by atoms with Crippen LogP contribution in [0.15, 0.2) is 58.5 Å². The summed E-state index contributed by atoms with van der Waals surface area (Å²) in [6.07, 6.45) is 1.42. The highest BCUT2D eigenvalue weighted by Crippen LogP contribution is 2.39. The van der Waals surface area contributed by atoms with E-state index in [2.05, 4.69) is 4.98 Å². The van der Waals surface area contributed by atoms with Gasteiger partial charge in [-0.1, -0.05) is 6.07 Å². The monoisotopic (exact) mass is 415 g/mol. The predicted octanol–water partition coefficient (Wildman–Crippen LogP) is 4.10. The van der Waals surface area contributed by atoms with Crippen LogP contribution in [0.25, 0.3) is 22.0 Å².